The first kappa shape index (κ1) is 13.8. The van der Waals surface area contributed by atoms with Gasteiger partial charge in [0.2, 0.25) is 0 Å². The largest absolute Gasteiger partial charge is 0.192 e. The topological polar surface area (TPSA) is 47.6 Å². The zero-order valence-corrected chi connectivity index (χ0v) is 12.8. The first-order valence-corrected chi connectivity index (χ1v) is 8.01. The van der Waals surface area contributed by atoms with Gasteiger partial charge in [0.1, 0.15) is 17.7 Å². The van der Waals surface area contributed by atoms with E-state index in [1.807, 2.05) is 0 Å². The van der Waals surface area contributed by atoms with Crippen molar-refractivity contribution in [2.75, 3.05) is 0 Å². The number of nitriles is 2. The van der Waals surface area contributed by atoms with E-state index < -0.39 is 0 Å². The van der Waals surface area contributed by atoms with Crippen LogP contribution in [0, 0.1) is 34.5 Å². The molecule has 0 unspecified atom stereocenters. The molecule has 2 atom stereocenters. The number of hydrogen-bond donors (Lipinski definition) is 0. The Bertz CT molecular complexity index is 913. The zero-order chi connectivity index (χ0) is 15.8. The summed E-state index contributed by atoms with van der Waals surface area (Å²) in [6.07, 6.45) is 5.31. The molecular formula is C21H16N2. The Labute approximate surface area is 136 Å². The lowest BCUT2D eigenvalue weighted by atomic mass is 9.87. The minimum absolute atomic E-state index is 0.349. The molecule has 0 N–H and O–H groups in total. The van der Waals surface area contributed by atoms with E-state index in [2.05, 4.69) is 60.7 Å². The van der Waals surface area contributed by atoms with E-state index in [4.69, 9.17) is 10.5 Å². The summed E-state index contributed by atoms with van der Waals surface area (Å²) < 4.78 is 0. The van der Waals surface area contributed by atoms with Crippen molar-refractivity contribution in [3.8, 4) is 12.1 Å². The van der Waals surface area contributed by atoms with E-state index >= 15 is 0 Å². The number of hydrogen-bond acceptors (Lipinski definition) is 2. The van der Waals surface area contributed by atoms with Crippen molar-refractivity contribution < 1.29 is 0 Å². The summed E-state index contributed by atoms with van der Waals surface area (Å²) in [4.78, 5) is 0. The van der Waals surface area contributed by atoms with Gasteiger partial charge in [-0.05, 0) is 53.0 Å². The Morgan fingerprint density at radius 3 is 2.48 bits per heavy atom. The fourth-order valence-electron chi connectivity index (χ4n) is 4.17. The zero-order valence-electron chi connectivity index (χ0n) is 12.8. The van der Waals surface area contributed by atoms with Gasteiger partial charge in [0.15, 0.2) is 0 Å². The smallest absolute Gasteiger partial charge is 0.129 e. The van der Waals surface area contributed by atoms with Crippen molar-refractivity contribution in [3.05, 3.63) is 64.7 Å². The van der Waals surface area contributed by atoms with Crippen LogP contribution in [0.15, 0.2) is 59.2 Å². The predicted molar refractivity (Wildman–Crippen MR) is 91.0 cm³/mol. The van der Waals surface area contributed by atoms with Gasteiger partial charge in [-0.2, -0.15) is 10.5 Å². The van der Waals surface area contributed by atoms with Gasteiger partial charge in [-0.15, -0.1) is 0 Å². The highest BCUT2D eigenvalue weighted by molar-refractivity contribution is 5.91. The highest BCUT2D eigenvalue weighted by Crippen LogP contribution is 2.52. The lowest BCUT2D eigenvalue weighted by Crippen LogP contribution is -2.04. The standard InChI is InChI=1S/C21H16N2/c22-12-19(13-23)21-11-17-10-18(21)9-16(17)8-15-6-3-5-14-4-1-2-7-20(14)15/h1-8,17-18H,9-11H2/t17-,18+/m1/s1. The summed E-state index contributed by atoms with van der Waals surface area (Å²) in [6.45, 7) is 0. The highest BCUT2D eigenvalue weighted by Gasteiger charge is 2.40. The SMILES string of the molecule is N#CC(C#N)=C1C[C@H]2C[C@@H]1CC2=Cc1cccc2ccccc12. The van der Waals surface area contributed by atoms with Gasteiger partial charge in [-0.25, -0.2) is 0 Å². The number of fused-ring (bicyclic) bond motifs is 3. The third-order valence-electron chi connectivity index (χ3n) is 5.24. The Balaban J connectivity index is 1.70. The van der Waals surface area contributed by atoms with Crippen LogP contribution in [-0.4, -0.2) is 0 Å². The lowest BCUT2D eigenvalue weighted by molar-refractivity contribution is 0.686. The molecule has 2 aliphatic carbocycles. The van der Waals surface area contributed by atoms with Crippen LogP contribution in [0.5, 0.6) is 0 Å². The Morgan fingerprint density at radius 2 is 1.74 bits per heavy atom. The maximum Gasteiger partial charge on any atom is 0.129 e. The van der Waals surface area contributed by atoms with E-state index in [0.29, 0.717) is 17.4 Å². The van der Waals surface area contributed by atoms with Crippen molar-refractivity contribution in [2.45, 2.75) is 19.3 Å². The maximum absolute atomic E-state index is 9.09. The van der Waals surface area contributed by atoms with Crippen LogP contribution in [0.2, 0.25) is 0 Å². The number of rotatable bonds is 1. The molecule has 0 spiro atoms. The molecule has 0 heterocycles. The van der Waals surface area contributed by atoms with Gasteiger partial charge < -0.3 is 0 Å². The first-order valence-electron chi connectivity index (χ1n) is 8.01. The van der Waals surface area contributed by atoms with Crippen molar-refractivity contribution >= 4 is 16.8 Å². The van der Waals surface area contributed by atoms with Gasteiger partial charge in [-0.3, -0.25) is 0 Å². The summed E-state index contributed by atoms with van der Waals surface area (Å²) >= 11 is 0. The van der Waals surface area contributed by atoms with Crippen LogP contribution in [0.3, 0.4) is 0 Å². The van der Waals surface area contributed by atoms with E-state index in [-0.39, 0.29) is 0 Å². The normalized spacial score (nSPS) is 23.9. The van der Waals surface area contributed by atoms with Crippen LogP contribution in [0.1, 0.15) is 24.8 Å². The molecule has 2 bridgehead atoms. The second-order valence-corrected chi connectivity index (χ2v) is 6.45. The Kier molecular flexibility index (Phi) is 3.25. The molecule has 110 valence electrons. The maximum atomic E-state index is 9.09. The van der Waals surface area contributed by atoms with Gasteiger partial charge >= 0.3 is 0 Å². The van der Waals surface area contributed by atoms with Crippen LogP contribution >= 0.6 is 0 Å². The van der Waals surface area contributed by atoms with Crippen molar-refractivity contribution in [3.63, 3.8) is 0 Å². The molecule has 2 aliphatic rings. The molecule has 0 amide bonds. The summed E-state index contributed by atoms with van der Waals surface area (Å²) in [7, 11) is 0. The quantitative estimate of drug-likeness (QED) is 0.695. The summed E-state index contributed by atoms with van der Waals surface area (Å²) in [6, 6.07) is 19.0. The minimum Gasteiger partial charge on any atom is -0.192 e. The second-order valence-electron chi connectivity index (χ2n) is 6.45. The third-order valence-corrected chi connectivity index (χ3v) is 5.24. The third kappa shape index (κ3) is 2.24. The number of benzene rings is 2. The molecule has 2 heteroatoms. The fraction of sp³-hybridized carbons (Fsp3) is 0.238. The van der Waals surface area contributed by atoms with Crippen LogP contribution in [0.25, 0.3) is 16.8 Å². The molecule has 2 nitrogen and oxygen atoms in total. The molecule has 0 aliphatic heterocycles. The summed E-state index contributed by atoms with van der Waals surface area (Å²) in [5, 5.41) is 20.7. The summed E-state index contributed by atoms with van der Waals surface area (Å²) in [5.41, 5.74) is 4.19. The molecule has 2 aromatic rings. The van der Waals surface area contributed by atoms with E-state index in [1.165, 1.54) is 21.9 Å². The van der Waals surface area contributed by atoms with Crippen LogP contribution in [-0.2, 0) is 0 Å². The van der Waals surface area contributed by atoms with Crippen molar-refractivity contribution in [1.82, 2.24) is 0 Å². The Morgan fingerprint density at radius 1 is 0.957 bits per heavy atom. The van der Waals surface area contributed by atoms with Crippen LogP contribution in [0.4, 0.5) is 0 Å². The molecule has 23 heavy (non-hydrogen) atoms. The van der Waals surface area contributed by atoms with Crippen molar-refractivity contribution in [1.29, 1.82) is 10.5 Å². The molecule has 0 saturated heterocycles. The molecule has 4 rings (SSSR count). The minimum atomic E-state index is 0.349. The monoisotopic (exact) mass is 296 g/mol. The lowest BCUT2D eigenvalue weighted by Gasteiger charge is -2.17. The second kappa shape index (κ2) is 5.41. The average molecular weight is 296 g/mol. The van der Waals surface area contributed by atoms with Crippen molar-refractivity contribution in [2.24, 2.45) is 11.8 Å². The molecule has 0 radical (unpaired) electrons. The molecule has 2 aromatic carbocycles. The molecule has 0 aromatic heterocycles. The van der Waals surface area contributed by atoms with Crippen LogP contribution < -0.4 is 0 Å². The first-order chi connectivity index (χ1) is 11.3. The van der Waals surface area contributed by atoms with Gasteiger partial charge in [0.25, 0.3) is 0 Å². The number of nitrogens with zero attached hydrogens (tertiary/aromatic N) is 2. The highest BCUT2D eigenvalue weighted by atomic mass is 14.4. The average Bonchev–Trinajstić information content (AvgIpc) is 3.17. The Hall–Kier alpha value is -2.84. The summed E-state index contributed by atoms with van der Waals surface area (Å²) in [5.74, 6) is 0.904. The van der Waals surface area contributed by atoms with E-state index in [0.717, 1.165) is 24.8 Å². The number of allylic oxidation sites excluding steroid dienone is 3. The van der Waals surface area contributed by atoms with Gasteiger partial charge in [0, 0.05) is 0 Å². The molecule has 2 fully saturated rings. The predicted octanol–water partition coefficient (Wildman–Crippen LogP) is 5.00. The molecule has 2 saturated carbocycles. The van der Waals surface area contributed by atoms with E-state index in [9.17, 15) is 0 Å². The van der Waals surface area contributed by atoms with Gasteiger partial charge in [-0.1, -0.05) is 54.1 Å². The molecular weight excluding hydrogens is 280 g/mol. The van der Waals surface area contributed by atoms with E-state index in [1.54, 1.807) is 0 Å². The van der Waals surface area contributed by atoms with Gasteiger partial charge in [0.05, 0.1) is 0 Å². The fourth-order valence-corrected chi connectivity index (χ4v) is 4.17.